The molecule has 2 aromatic rings. The van der Waals surface area contributed by atoms with Crippen LogP contribution in [-0.4, -0.2) is 45.6 Å². The molecule has 0 radical (unpaired) electrons. The molecule has 8 heteroatoms. The molecular formula is C18H25N5O2S. The van der Waals surface area contributed by atoms with E-state index in [0.717, 1.165) is 67.3 Å². The van der Waals surface area contributed by atoms with Gasteiger partial charge in [-0.1, -0.05) is 18.0 Å². The summed E-state index contributed by atoms with van der Waals surface area (Å²) in [6.07, 6.45) is 7.58. The maximum atomic E-state index is 13.3. The number of aryl methyl sites for hydroxylation is 1. The maximum absolute atomic E-state index is 13.3. The van der Waals surface area contributed by atoms with Crippen molar-refractivity contribution in [1.82, 2.24) is 25.3 Å². The molecule has 26 heavy (non-hydrogen) atoms. The Hall–Kier alpha value is -1.80. The highest BCUT2D eigenvalue weighted by atomic mass is 32.1. The summed E-state index contributed by atoms with van der Waals surface area (Å²) >= 11 is 1.56. The Morgan fingerprint density at radius 2 is 2.31 bits per heavy atom. The number of carbonyl (C=O) groups is 1. The number of amides is 1. The summed E-state index contributed by atoms with van der Waals surface area (Å²) in [4.78, 5) is 24.9. The van der Waals surface area contributed by atoms with E-state index in [1.165, 1.54) is 12.8 Å². The number of thiazole rings is 1. The first-order chi connectivity index (χ1) is 12.7. The van der Waals surface area contributed by atoms with Gasteiger partial charge < -0.3 is 14.7 Å². The standard InChI is InChI=1S/C18H25N5O2S/c1-12-16(26-15(21-12)9-13-6-7-19-10-13)18(24)23-8-4-2-3-5-14(23)17-20-11-25-22-17/h11,13-14,19H,2-10H2,1H3. The van der Waals surface area contributed by atoms with Crippen molar-refractivity contribution < 1.29 is 9.32 Å². The third-order valence-electron chi connectivity index (χ3n) is 5.35. The second-order valence-corrected chi connectivity index (χ2v) is 8.32. The fourth-order valence-corrected chi connectivity index (χ4v) is 5.08. The van der Waals surface area contributed by atoms with Crippen LogP contribution in [0.25, 0.3) is 0 Å². The second-order valence-electron chi connectivity index (χ2n) is 7.24. The quantitative estimate of drug-likeness (QED) is 0.885. The van der Waals surface area contributed by atoms with E-state index in [2.05, 4.69) is 15.5 Å². The lowest BCUT2D eigenvalue weighted by atomic mass is 10.1. The van der Waals surface area contributed by atoms with E-state index in [4.69, 9.17) is 9.51 Å². The molecule has 0 spiro atoms. The zero-order valence-electron chi connectivity index (χ0n) is 15.1. The van der Waals surface area contributed by atoms with Crippen LogP contribution in [0.4, 0.5) is 0 Å². The average molecular weight is 375 g/mol. The molecule has 2 saturated heterocycles. The molecule has 2 aromatic heterocycles. The predicted octanol–water partition coefficient (Wildman–Crippen LogP) is 2.74. The Kier molecular flexibility index (Phi) is 5.31. The van der Waals surface area contributed by atoms with Gasteiger partial charge >= 0.3 is 0 Å². The fourth-order valence-electron chi connectivity index (χ4n) is 3.95. The minimum atomic E-state index is -0.104. The van der Waals surface area contributed by atoms with E-state index in [1.807, 2.05) is 11.8 Å². The van der Waals surface area contributed by atoms with E-state index >= 15 is 0 Å². The van der Waals surface area contributed by atoms with Crippen LogP contribution in [0.5, 0.6) is 0 Å². The predicted molar refractivity (Wildman–Crippen MR) is 98.1 cm³/mol. The van der Waals surface area contributed by atoms with E-state index in [-0.39, 0.29) is 11.9 Å². The molecule has 2 unspecified atom stereocenters. The number of nitrogens with zero attached hydrogens (tertiary/aromatic N) is 4. The van der Waals surface area contributed by atoms with Crippen molar-refractivity contribution in [3.63, 3.8) is 0 Å². The molecule has 2 aliphatic rings. The molecule has 4 heterocycles. The summed E-state index contributed by atoms with van der Waals surface area (Å²) in [5.41, 5.74) is 0.845. The summed E-state index contributed by atoms with van der Waals surface area (Å²) < 4.78 is 4.93. The van der Waals surface area contributed by atoms with Crippen LogP contribution >= 0.6 is 11.3 Å². The highest BCUT2D eigenvalue weighted by Gasteiger charge is 2.32. The molecular weight excluding hydrogens is 350 g/mol. The minimum absolute atomic E-state index is 0.0625. The second kappa shape index (κ2) is 7.84. The van der Waals surface area contributed by atoms with Crippen LogP contribution in [0.15, 0.2) is 10.9 Å². The van der Waals surface area contributed by atoms with Gasteiger partial charge in [-0.15, -0.1) is 11.3 Å². The van der Waals surface area contributed by atoms with Crippen LogP contribution in [0.2, 0.25) is 0 Å². The maximum Gasteiger partial charge on any atom is 0.266 e. The lowest BCUT2D eigenvalue weighted by Gasteiger charge is -2.27. The van der Waals surface area contributed by atoms with Crippen molar-refractivity contribution >= 4 is 17.2 Å². The lowest BCUT2D eigenvalue weighted by molar-refractivity contribution is 0.0674. The van der Waals surface area contributed by atoms with E-state index in [9.17, 15) is 4.79 Å². The molecule has 7 nitrogen and oxygen atoms in total. The molecule has 0 bridgehead atoms. The van der Waals surface area contributed by atoms with Gasteiger partial charge in [0.2, 0.25) is 6.39 Å². The number of nitrogens with one attached hydrogen (secondary N) is 1. The molecule has 0 aliphatic carbocycles. The van der Waals surface area contributed by atoms with Crippen molar-refractivity contribution in [2.24, 2.45) is 5.92 Å². The van der Waals surface area contributed by atoms with Crippen molar-refractivity contribution in [3.05, 3.63) is 27.8 Å². The summed E-state index contributed by atoms with van der Waals surface area (Å²) in [7, 11) is 0. The largest absolute Gasteiger partial charge is 0.343 e. The Bertz CT molecular complexity index is 739. The minimum Gasteiger partial charge on any atom is -0.343 e. The summed E-state index contributed by atoms with van der Waals surface area (Å²) in [5, 5.41) is 8.48. The van der Waals surface area contributed by atoms with Crippen molar-refractivity contribution in [2.45, 2.75) is 51.5 Å². The van der Waals surface area contributed by atoms with Crippen molar-refractivity contribution in [1.29, 1.82) is 0 Å². The first kappa shape index (κ1) is 17.6. The Morgan fingerprint density at radius 1 is 1.38 bits per heavy atom. The zero-order chi connectivity index (χ0) is 17.9. The van der Waals surface area contributed by atoms with Crippen LogP contribution in [0.1, 0.15) is 64.3 Å². The number of aromatic nitrogens is 3. The molecule has 2 fully saturated rings. The van der Waals surface area contributed by atoms with Gasteiger partial charge in [0.05, 0.1) is 16.7 Å². The Labute approximate surface area is 157 Å². The first-order valence-electron chi connectivity index (χ1n) is 9.46. The number of hydrogen-bond acceptors (Lipinski definition) is 7. The van der Waals surface area contributed by atoms with Gasteiger partial charge in [-0.3, -0.25) is 4.79 Å². The van der Waals surface area contributed by atoms with Crippen molar-refractivity contribution in [3.8, 4) is 0 Å². The third-order valence-corrected chi connectivity index (χ3v) is 6.52. The van der Waals surface area contributed by atoms with Gasteiger partial charge in [0.25, 0.3) is 5.91 Å². The number of carbonyl (C=O) groups excluding carboxylic acids is 1. The van der Waals surface area contributed by atoms with Gasteiger partial charge in [-0.25, -0.2) is 4.98 Å². The molecule has 140 valence electrons. The van der Waals surface area contributed by atoms with Gasteiger partial charge in [-0.2, -0.15) is 4.98 Å². The number of rotatable bonds is 4. The molecule has 2 atom stereocenters. The number of likely N-dealkylation sites (tertiary alicyclic amines) is 1. The third kappa shape index (κ3) is 3.66. The van der Waals surface area contributed by atoms with E-state index < -0.39 is 0 Å². The highest BCUT2D eigenvalue weighted by molar-refractivity contribution is 7.13. The van der Waals surface area contributed by atoms with Gasteiger partial charge in [0, 0.05) is 13.0 Å². The zero-order valence-corrected chi connectivity index (χ0v) is 15.9. The monoisotopic (exact) mass is 375 g/mol. The molecule has 0 aromatic carbocycles. The van der Waals surface area contributed by atoms with Crippen LogP contribution < -0.4 is 5.32 Å². The topological polar surface area (TPSA) is 84.2 Å². The van der Waals surface area contributed by atoms with Gasteiger partial charge in [0.15, 0.2) is 5.82 Å². The van der Waals surface area contributed by atoms with E-state index in [0.29, 0.717) is 11.7 Å². The van der Waals surface area contributed by atoms with Gasteiger partial charge in [0.1, 0.15) is 4.88 Å². The molecule has 1 amide bonds. The Morgan fingerprint density at radius 3 is 3.08 bits per heavy atom. The van der Waals surface area contributed by atoms with Crippen LogP contribution in [-0.2, 0) is 6.42 Å². The molecule has 4 rings (SSSR count). The smallest absolute Gasteiger partial charge is 0.266 e. The van der Waals surface area contributed by atoms with Gasteiger partial charge in [-0.05, 0) is 45.2 Å². The summed E-state index contributed by atoms with van der Waals surface area (Å²) in [6.45, 7) is 4.81. The number of hydrogen-bond donors (Lipinski definition) is 1. The molecule has 1 N–H and O–H groups in total. The normalized spacial score (nSPS) is 24.0. The van der Waals surface area contributed by atoms with E-state index in [1.54, 1.807) is 11.3 Å². The fraction of sp³-hybridized carbons (Fsp3) is 0.667. The average Bonchev–Trinajstić information content (AvgIpc) is 3.36. The Balaban J connectivity index is 1.55. The molecule has 2 aliphatic heterocycles. The summed E-state index contributed by atoms with van der Waals surface area (Å²) in [5.74, 6) is 1.31. The first-order valence-corrected chi connectivity index (χ1v) is 10.3. The summed E-state index contributed by atoms with van der Waals surface area (Å²) in [6, 6.07) is -0.104. The van der Waals surface area contributed by atoms with Crippen LogP contribution in [0.3, 0.4) is 0 Å². The highest BCUT2D eigenvalue weighted by Crippen LogP contribution is 2.32. The SMILES string of the molecule is Cc1nc(CC2CCNC2)sc1C(=O)N1CCCCCC1c1ncon1. The van der Waals surface area contributed by atoms with Crippen LogP contribution in [0, 0.1) is 12.8 Å². The lowest BCUT2D eigenvalue weighted by Crippen LogP contribution is -2.35. The van der Waals surface area contributed by atoms with Crippen molar-refractivity contribution in [2.75, 3.05) is 19.6 Å². The molecule has 0 saturated carbocycles.